The highest BCUT2D eigenvalue weighted by Crippen LogP contribution is 2.48. The molecule has 1 aromatic heterocycles. The molecule has 106 valence electrons. The molecule has 1 saturated carbocycles. The second-order valence-electron chi connectivity index (χ2n) is 6.22. The van der Waals surface area contributed by atoms with Crippen LogP contribution in [0.5, 0.6) is 5.75 Å². The molecule has 1 fully saturated rings. The normalized spacial score (nSPS) is 31.5. The number of ether oxygens (including phenoxy) is 1. The minimum Gasteiger partial charge on any atom is -0.495 e. The zero-order valence-corrected chi connectivity index (χ0v) is 12.4. The van der Waals surface area contributed by atoms with Crippen molar-refractivity contribution in [3.63, 3.8) is 0 Å². The first-order valence-corrected chi connectivity index (χ1v) is 7.21. The van der Waals surface area contributed by atoms with Crippen LogP contribution in [0.25, 0.3) is 0 Å². The van der Waals surface area contributed by atoms with Crippen LogP contribution >= 0.6 is 0 Å². The maximum atomic E-state index is 11.3. The lowest BCUT2D eigenvalue weighted by Gasteiger charge is -2.44. The maximum absolute atomic E-state index is 11.3. The van der Waals surface area contributed by atoms with Gasteiger partial charge >= 0.3 is 0 Å². The van der Waals surface area contributed by atoms with Crippen LogP contribution in [-0.2, 0) is 5.60 Å². The maximum Gasteiger partial charge on any atom is 0.143 e. The predicted octanol–water partition coefficient (Wildman–Crippen LogP) is 3.37. The molecule has 1 aliphatic carbocycles. The lowest BCUT2D eigenvalue weighted by atomic mass is 9.65. The summed E-state index contributed by atoms with van der Waals surface area (Å²) in [4.78, 5) is 4.44. The summed E-state index contributed by atoms with van der Waals surface area (Å²) in [5, 5.41) is 11.3. The zero-order chi connectivity index (χ0) is 14.0. The second-order valence-corrected chi connectivity index (χ2v) is 6.22. The van der Waals surface area contributed by atoms with Gasteiger partial charge in [0.15, 0.2) is 0 Å². The Bertz CT molecular complexity index is 433. The van der Waals surface area contributed by atoms with Crippen molar-refractivity contribution in [3.05, 3.63) is 24.0 Å². The van der Waals surface area contributed by atoms with Crippen molar-refractivity contribution in [1.82, 2.24) is 4.98 Å². The predicted molar refractivity (Wildman–Crippen MR) is 76.0 cm³/mol. The van der Waals surface area contributed by atoms with Crippen molar-refractivity contribution < 1.29 is 9.84 Å². The number of aliphatic hydroxyl groups is 1. The van der Waals surface area contributed by atoms with Gasteiger partial charge in [0.05, 0.1) is 7.11 Å². The summed E-state index contributed by atoms with van der Waals surface area (Å²) in [6.07, 6.45) is 4.74. The molecule has 3 heteroatoms. The second kappa shape index (κ2) is 5.49. The van der Waals surface area contributed by atoms with E-state index in [1.54, 1.807) is 13.3 Å². The summed E-state index contributed by atoms with van der Waals surface area (Å²) >= 11 is 0. The van der Waals surface area contributed by atoms with Gasteiger partial charge in [-0.1, -0.05) is 27.2 Å². The van der Waals surface area contributed by atoms with E-state index in [0.717, 1.165) is 12.8 Å². The number of aromatic nitrogens is 1. The van der Waals surface area contributed by atoms with E-state index in [2.05, 4.69) is 25.8 Å². The SMILES string of the molecule is COc1cccnc1C1(O)CC(C)CCC1C(C)C. The molecule has 19 heavy (non-hydrogen) atoms. The minimum atomic E-state index is -0.863. The molecule has 1 heterocycles. The average molecular weight is 263 g/mol. The molecule has 0 aliphatic heterocycles. The van der Waals surface area contributed by atoms with Gasteiger partial charge in [-0.15, -0.1) is 0 Å². The van der Waals surface area contributed by atoms with Crippen LogP contribution in [0.15, 0.2) is 18.3 Å². The van der Waals surface area contributed by atoms with E-state index in [9.17, 15) is 5.11 Å². The fourth-order valence-electron chi connectivity index (χ4n) is 3.52. The van der Waals surface area contributed by atoms with Gasteiger partial charge in [-0.05, 0) is 42.7 Å². The van der Waals surface area contributed by atoms with Crippen molar-refractivity contribution in [2.45, 2.75) is 45.6 Å². The summed E-state index contributed by atoms with van der Waals surface area (Å²) in [6.45, 7) is 6.57. The van der Waals surface area contributed by atoms with E-state index in [1.807, 2.05) is 12.1 Å². The van der Waals surface area contributed by atoms with Crippen LogP contribution in [0, 0.1) is 17.8 Å². The number of nitrogens with zero attached hydrogens (tertiary/aromatic N) is 1. The van der Waals surface area contributed by atoms with Crippen molar-refractivity contribution in [2.24, 2.45) is 17.8 Å². The van der Waals surface area contributed by atoms with Crippen LogP contribution in [0.4, 0.5) is 0 Å². The Hall–Kier alpha value is -1.09. The summed E-state index contributed by atoms with van der Waals surface area (Å²) in [5.41, 5.74) is -0.152. The first-order valence-electron chi connectivity index (χ1n) is 7.21. The smallest absolute Gasteiger partial charge is 0.143 e. The zero-order valence-electron chi connectivity index (χ0n) is 12.4. The molecule has 1 N–H and O–H groups in total. The van der Waals surface area contributed by atoms with E-state index >= 15 is 0 Å². The molecule has 0 bridgehead atoms. The highest BCUT2D eigenvalue weighted by Gasteiger charge is 2.46. The average Bonchev–Trinajstić information content (AvgIpc) is 2.38. The fourth-order valence-corrected chi connectivity index (χ4v) is 3.52. The van der Waals surface area contributed by atoms with Crippen LogP contribution in [0.1, 0.15) is 45.7 Å². The Labute approximate surface area is 116 Å². The number of methoxy groups -OCH3 is 1. The standard InChI is InChI=1S/C16H25NO2/c1-11(2)13-8-7-12(3)10-16(13,18)15-14(19-4)6-5-9-17-15/h5-6,9,11-13,18H,7-8,10H2,1-4H3. The van der Waals surface area contributed by atoms with Gasteiger partial charge in [0.1, 0.15) is 17.0 Å². The quantitative estimate of drug-likeness (QED) is 0.909. The van der Waals surface area contributed by atoms with Crippen LogP contribution in [0.2, 0.25) is 0 Å². The molecule has 3 atom stereocenters. The van der Waals surface area contributed by atoms with E-state index < -0.39 is 5.60 Å². The summed E-state index contributed by atoms with van der Waals surface area (Å²) < 4.78 is 5.40. The Morgan fingerprint density at radius 1 is 1.42 bits per heavy atom. The monoisotopic (exact) mass is 263 g/mol. The molecule has 0 radical (unpaired) electrons. The Morgan fingerprint density at radius 2 is 2.16 bits per heavy atom. The third kappa shape index (κ3) is 2.62. The van der Waals surface area contributed by atoms with Gasteiger partial charge in [-0.25, -0.2) is 0 Å². The molecular formula is C16H25NO2. The number of pyridine rings is 1. The first kappa shape index (κ1) is 14.3. The fraction of sp³-hybridized carbons (Fsp3) is 0.688. The van der Waals surface area contributed by atoms with Gasteiger partial charge in [-0.3, -0.25) is 4.98 Å². The third-order valence-electron chi connectivity index (χ3n) is 4.45. The van der Waals surface area contributed by atoms with Crippen LogP contribution < -0.4 is 4.74 Å². The molecule has 1 aromatic rings. The van der Waals surface area contributed by atoms with Crippen LogP contribution in [-0.4, -0.2) is 17.2 Å². The lowest BCUT2D eigenvalue weighted by molar-refractivity contribution is -0.0909. The summed E-state index contributed by atoms with van der Waals surface area (Å²) in [7, 11) is 1.64. The molecule has 0 amide bonds. The van der Waals surface area contributed by atoms with E-state index in [0.29, 0.717) is 23.3 Å². The first-order chi connectivity index (χ1) is 8.99. The number of rotatable bonds is 3. The lowest BCUT2D eigenvalue weighted by Crippen LogP contribution is -2.43. The molecule has 0 spiro atoms. The molecule has 1 aliphatic rings. The molecule has 0 aromatic carbocycles. The van der Waals surface area contributed by atoms with Gasteiger partial charge in [0.2, 0.25) is 0 Å². The van der Waals surface area contributed by atoms with Crippen molar-refractivity contribution >= 4 is 0 Å². The van der Waals surface area contributed by atoms with Crippen molar-refractivity contribution in [3.8, 4) is 5.75 Å². The summed E-state index contributed by atoms with van der Waals surface area (Å²) in [5.74, 6) is 1.90. The van der Waals surface area contributed by atoms with E-state index in [-0.39, 0.29) is 5.92 Å². The van der Waals surface area contributed by atoms with E-state index in [1.165, 1.54) is 6.42 Å². The van der Waals surface area contributed by atoms with Crippen molar-refractivity contribution in [1.29, 1.82) is 0 Å². The molecule has 2 rings (SSSR count). The largest absolute Gasteiger partial charge is 0.495 e. The Balaban J connectivity index is 2.46. The molecule has 0 saturated heterocycles. The highest BCUT2D eigenvalue weighted by molar-refractivity contribution is 5.33. The Kier molecular flexibility index (Phi) is 4.14. The molecule has 3 nitrogen and oxygen atoms in total. The summed E-state index contributed by atoms with van der Waals surface area (Å²) in [6, 6.07) is 3.74. The van der Waals surface area contributed by atoms with Gasteiger partial charge < -0.3 is 9.84 Å². The minimum absolute atomic E-state index is 0.243. The topological polar surface area (TPSA) is 42.4 Å². The number of hydrogen-bond donors (Lipinski definition) is 1. The van der Waals surface area contributed by atoms with E-state index in [4.69, 9.17) is 4.74 Å². The van der Waals surface area contributed by atoms with Gasteiger partial charge in [0.25, 0.3) is 0 Å². The highest BCUT2D eigenvalue weighted by atomic mass is 16.5. The van der Waals surface area contributed by atoms with Crippen LogP contribution in [0.3, 0.4) is 0 Å². The van der Waals surface area contributed by atoms with Gasteiger partial charge in [0, 0.05) is 6.20 Å². The number of hydrogen-bond acceptors (Lipinski definition) is 3. The third-order valence-corrected chi connectivity index (χ3v) is 4.45. The Morgan fingerprint density at radius 3 is 2.79 bits per heavy atom. The van der Waals surface area contributed by atoms with Gasteiger partial charge in [-0.2, -0.15) is 0 Å². The molecule has 3 unspecified atom stereocenters. The molecular weight excluding hydrogens is 238 g/mol. The van der Waals surface area contributed by atoms with Crippen molar-refractivity contribution in [2.75, 3.05) is 7.11 Å².